The van der Waals surface area contributed by atoms with Gasteiger partial charge in [0, 0.05) is 28.7 Å². The highest BCUT2D eigenvalue weighted by molar-refractivity contribution is 6.30. The molecule has 0 aliphatic heterocycles. The Hall–Kier alpha value is -4.62. The van der Waals surface area contributed by atoms with Crippen molar-refractivity contribution >= 4 is 40.2 Å². The summed E-state index contributed by atoms with van der Waals surface area (Å²) in [4.78, 5) is 28.6. The van der Waals surface area contributed by atoms with Gasteiger partial charge in [-0.05, 0) is 96.3 Å². The molecule has 1 aliphatic carbocycles. The van der Waals surface area contributed by atoms with Gasteiger partial charge in [-0.1, -0.05) is 56.0 Å². The number of carbonyl (C=O) groups is 2. The van der Waals surface area contributed by atoms with Crippen LogP contribution in [0.25, 0.3) is 33.5 Å². The van der Waals surface area contributed by atoms with Crippen molar-refractivity contribution in [1.29, 1.82) is 0 Å². The molecule has 7 nitrogen and oxygen atoms in total. The summed E-state index contributed by atoms with van der Waals surface area (Å²) < 4.78 is 8.57. The number of imidazole rings is 1. The molecule has 44 heavy (non-hydrogen) atoms. The predicted molar refractivity (Wildman–Crippen MR) is 174 cm³/mol. The predicted octanol–water partition coefficient (Wildman–Crippen LogP) is 9.15. The largest absolute Gasteiger partial charge is 0.489 e. The van der Waals surface area contributed by atoms with E-state index < -0.39 is 5.97 Å². The van der Waals surface area contributed by atoms with E-state index in [9.17, 15) is 14.7 Å². The van der Waals surface area contributed by atoms with Crippen LogP contribution in [0, 0.1) is 0 Å². The van der Waals surface area contributed by atoms with E-state index in [1.54, 1.807) is 12.1 Å². The molecule has 0 spiro atoms. The van der Waals surface area contributed by atoms with E-state index in [-0.39, 0.29) is 11.5 Å². The number of hydrogen-bond donors (Lipinski definition) is 2. The molecule has 1 aromatic heterocycles. The normalized spacial score (nSPS) is 13.6. The zero-order chi connectivity index (χ0) is 30.6. The van der Waals surface area contributed by atoms with E-state index in [0.29, 0.717) is 35.4 Å². The zero-order valence-corrected chi connectivity index (χ0v) is 25.3. The van der Waals surface area contributed by atoms with Crippen LogP contribution in [0.1, 0.15) is 67.4 Å². The van der Waals surface area contributed by atoms with Crippen LogP contribution in [0.4, 0.5) is 5.69 Å². The first-order chi connectivity index (χ1) is 21.4. The fraction of sp³-hybridized carbons (Fsp3) is 0.250. The van der Waals surface area contributed by atoms with Crippen LogP contribution >= 0.6 is 11.6 Å². The first-order valence-corrected chi connectivity index (χ1v) is 15.4. The van der Waals surface area contributed by atoms with Crippen LogP contribution in [0.5, 0.6) is 5.75 Å². The number of nitrogens with zero attached hydrogens (tertiary/aromatic N) is 2. The van der Waals surface area contributed by atoms with Crippen LogP contribution in [-0.2, 0) is 11.4 Å². The Labute approximate surface area is 261 Å². The molecule has 8 heteroatoms. The lowest BCUT2D eigenvalue weighted by molar-refractivity contribution is -0.115. The molecule has 1 aliphatic rings. The van der Waals surface area contributed by atoms with Crippen molar-refractivity contribution in [1.82, 2.24) is 9.55 Å². The van der Waals surface area contributed by atoms with Crippen molar-refractivity contribution < 1.29 is 19.4 Å². The number of ether oxygens (including phenoxy) is 1. The summed E-state index contributed by atoms with van der Waals surface area (Å²) in [6.45, 7) is 2.12. The van der Waals surface area contributed by atoms with Crippen LogP contribution in [0.3, 0.4) is 0 Å². The second-order valence-electron chi connectivity index (χ2n) is 11.2. The molecule has 4 aromatic carbocycles. The Morgan fingerprint density at radius 3 is 2.36 bits per heavy atom. The Morgan fingerprint density at radius 1 is 0.932 bits per heavy atom. The van der Waals surface area contributed by atoms with Crippen molar-refractivity contribution in [2.45, 2.75) is 58.1 Å². The third kappa shape index (κ3) is 6.33. The van der Waals surface area contributed by atoms with Gasteiger partial charge in [0.05, 0.1) is 16.6 Å². The van der Waals surface area contributed by atoms with Gasteiger partial charge in [0.15, 0.2) is 0 Å². The van der Waals surface area contributed by atoms with E-state index in [2.05, 4.69) is 9.88 Å². The number of halogens is 1. The van der Waals surface area contributed by atoms with Crippen molar-refractivity contribution in [2.24, 2.45) is 0 Å². The minimum Gasteiger partial charge on any atom is -0.489 e. The number of carbonyl (C=O) groups excluding carboxylic acids is 1. The van der Waals surface area contributed by atoms with Crippen molar-refractivity contribution in [3.63, 3.8) is 0 Å². The Balaban J connectivity index is 1.29. The highest BCUT2D eigenvalue weighted by Crippen LogP contribution is 2.37. The molecule has 0 saturated heterocycles. The first-order valence-electron chi connectivity index (χ1n) is 15.1. The van der Waals surface area contributed by atoms with E-state index >= 15 is 0 Å². The maximum atomic E-state index is 12.1. The van der Waals surface area contributed by atoms with E-state index in [0.717, 1.165) is 52.1 Å². The smallest absolute Gasteiger partial charge is 0.335 e. The quantitative estimate of drug-likeness (QED) is 0.174. The minimum absolute atomic E-state index is 0.0508. The van der Waals surface area contributed by atoms with E-state index in [1.165, 1.54) is 19.3 Å². The molecule has 6 rings (SSSR count). The average Bonchev–Trinajstić information content (AvgIpc) is 3.44. The molecule has 2 N–H and O–H groups in total. The number of amides is 1. The zero-order valence-electron chi connectivity index (χ0n) is 24.6. The lowest BCUT2D eigenvalue weighted by Crippen LogP contribution is -2.14. The summed E-state index contributed by atoms with van der Waals surface area (Å²) in [5.41, 5.74) is 6.48. The highest BCUT2D eigenvalue weighted by Gasteiger charge is 2.23. The van der Waals surface area contributed by atoms with Crippen LogP contribution in [-0.4, -0.2) is 26.5 Å². The van der Waals surface area contributed by atoms with Crippen LogP contribution in [0.15, 0.2) is 84.9 Å². The number of rotatable bonds is 9. The summed E-state index contributed by atoms with van der Waals surface area (Å²) >= 11 is 6.13. The number of aromatic nitrogens is 2. The second-order valence-corrected chi connectivity index (χ2v) is 11.6. The highest BCUT2D eigenvalue weighted by atomic mass is 35.5. The first kappa shape index (κ1) is 29.5. The molecule has 0 atom stereocenters. The monoisotopic (exact) mass is 607 g/mol. The van der Waals surface area contributed by atoms with Gasteiger partial charge < -0.3 is 19.7 Å². The summed E-state index contributed by atoms with van der Waals surface area (Å²) in [6.07, 6.45) is 6.13. The van der Waals surface area contributed by atoms with Gasteiger partial charge >= 0.3 is 5.97 Å². The third-order valence-electron chi connectivity index (χ3n) is 8.25. The number of aromatic carboxylic acids is 1. The molecule has 224 valence electrons. The summed E-state index contributed by atoms with van der Waals surface area (Å²) in [5.74, 6) is 0.530. The molecule has 0 radical (unpaired) electrons. The fourth-order valence-corrected chi connectivity index (χ4v) is 6.08. The lowest BCUT2D eigenvalue weighted by atomic mass is 9.95. The van der Waals surface area contributed by atoms with E-state index in [1.807, 2.05) is 79.7 Å². The number of carboxylic acids is 1. The van der Waals surface area contributed by atoms with Gasteiger partial charge in [-0.25, -0.2) is 9.78 Å². The maximum Gasteiger partial charge on any atom is 0.335 e. The standard InChI is InChI=1S/C36H34ClN3O4/c1-2-34(41)38-28-15-18-31(23-8-13-27(37)14-9-23)26(20-28)22-44-30-16-10-24(11-17-30)35-39-32-21-25(36(42)43)12-19-33(32)40(35)29-6-4-3-5-7-29/h8-21,29H,2-7,22H2,1H3,(H,38,41)(H,42,43). The lowest BCUT2D eigenvalue weighted by Gasteiger charge is -2.25. The van der Waals surface area contributed by atoms with Crippen molar-refractivity contribution in [3.05, 3.63) is 101 Å². The molecule has 1 amide bonds. The third-order valence-corrected chi connectivity index (χ3v) is 8.50. The summed E-state index contributed by atoms with van der Waals surface area (Å²) in [6, 6.07) is 26.9. The number of anilines is 1. The molecular weight excluding hydrogens is 574 g/mol. The second kappa shape index (κ2) is 12.9. The molecule has 0 bridgehead atoms. The minimum atomic E-state index is -0.959. The number of fused-ring (bicyclic) bond motifs is 1. The van der Waals surface area contributed by atoms with Gasteiger partial charge in [0.25, 0.3) is 0 Å². The number of benzene rings is 4. The van der Waals surface area contributed by atoms with Crippen LogP contribution in [0.2, 0.25) is 5.02 Å². The summed E-state index contributed by atoms with van der Waals surface area (Å²) in [5, 5.41) is 13.1. The number of carboxylic acid groups (broad SMARTS) is 1. The Bertz CT molecular complexity index is 1810. The van der Waals surface area contributed by atoms with Crippen molar-refractivity contribution in [2.75, 3.05) is 5.32 Å². The van der Waals surface area contributed by atoms with E-state index in [4.69, 9.17) is 21.3 Å². The van der Waals surface area contributed by atoms with Gasteiger partial charge in [-0.15, -0.1) is 0 Å². The SMILES string of the molecule is CCC(=O)Nc1ccc(-c2ccc(Cl)cc2)c(COc2ccc(-c3nc4cc(C(=O)O)ccc4n3C3CCCCC3)cc2)c1. The molecule has 5 aromatic rings. The molecule has 1 heterocycles. The molecule has 0 unspecified atom stereocenters. The number of nitrogens with one attached hydrogen (secondary N) is 1. The van der Waals surface area contributed by atoms with Gasteiger partial charge in [-0.2, -0.15) is 0 Å². The van der Waals surface area contributed by atoms with Crippen molar-refractivity contribution in [3.8, 4) is 28.3 Å². The molecule has 1 saturated carbocycles. The van der Waals surface area contributed by atoms with Gasteiger partial charge in [0.2, 0.25) is 5.91 Å². The number of hydrogen-bond acceptors (Lipinski definition) is 4. The van der Waals surface area contributed by atoms with Crippen LogP contribution < -0.4 is 10.1 Å². The summed E-state index contributed by atoms with van der Waals surface area (Å²) in [7, 11) is 0. The molecule has 1 fully saturated rings. The fourth-order valence-electron chi connectivity index (χ4n) is 5.96. The Morgan fingerprint density at radius 2 is 1.66 bits per heavy atom. The Kier molecular flexibility index (Phi) is 8.66. The van der Waals surface area contributed by atoms with Gasteiger partial charge in [0.1, 0.15) is 18.2 Å². The maximum absolute atomic E-state index is 12.1. The average molecular weight is 608 g/mol. The van der Waals surface area contributed by atoms with Gasteiger partial charge in [-0.3, -0.25) is 4.79 Å². The molecular formula is C36H34ClN3O4. The topological polar surface area (TPSA) is 93.4 Å².